The summed E-state index contributed by atoms with van der Waals surface area (Å²) in [7, 11) is 3.87. The van der Waals surface area contributed by atoms with Crippen molar-refractivity contribution < 1.29 is 9.72 Å². The molecule has 1 aliphatic carbocycles. The number of non-ortho nitro benzene ring substituents is 1. The van der Waals surface area contributed by atoms with E-state index in [4.69, 9.17) is 17.3 Å². The van der Waals surface area contributed by atoms with Crippen LogP contribution in [0.3, 0.4) is 0 Å². The number of nitro groups is 1. The second kappa shape index (κ2) is 8.60. The number of hydrogen-bond acceptors (Lipinski definition) is 7. The Morgan fingerprint density at radius 3 is 2.48 bits per heavy atom. The van der Waals surface area contributed by atoms with Gasteiger partial charge in [0, 0.05) is 49.6 Å². The summed E-state index contributed by atoms with van der Waals surface area (Å²) in [5.74, 6) is -0.452. The van der Waals surface area contributed by atoms with Crippen LogP contribution in [0.15, 0.2) is 65.1 Å². The quantitative estimate of drug-likeness (QED) is 0.519. The van der Waals surface area contributed by atoms with Gasteiger partial charge in [-0.15, -0.1) is 0 Å². The predicted octanol–water partition coefficient (Wildman–Crippen LogP) is 4.62. The highest BCUT2D eigenvalue weighted by molar-refractivity contribution is 6.33. The van der Waals surface area contributed by atoms with Crippen molar-refractivity contribution in [1.29, 1.82) is 5.26 Å². The molecule has 1 heterocycles. The maximum Gasteiger partial charge on any atom is 0.271 e. The average molecular weight is 464 g/mol. The lowest BCUT2D eigenvalue weighted by Gasteiger charge is -2.40. The second-order valence-electron chi connectivity index (χ2n) is 8.20. The minimum absolute atomic E-state index is 0.0405. The zero-order valence-corrected chi connectivity index (χ0v) is 19.0. The van der Waals surface area contributed by atoms with Gasteiger partial charge in [0.05, 0.1) is 33.2 Å². The smallest absolute Gasteiger partial charge is 0.271 e. The molecule has 9 heteroatoms. The molecule has 8 nitrogen and oxygen atoms in total. The zero-order chi connectivity index (χ0) is 23.9. The van der Waals surface area contributed by atoms with E-state index in [1.54, 1.807) is 4.90 Å². The maximum absolute atomic E-state index is 13.2. The van der Waals surface area contributed by atoms with Crippen LogP contribution in [0.5, 0.6) is 0 Å². The Balaban J connectivity index is 1.92. The van der Waals surface area contributed by atoms with Gasteiger partial charge in [0.2, 0.25) is 0 Å². The summed E-state index contributed by atoms with van der Waals surface area (Å²) in [6.07, 6.45) is 1.59. The van der Waals surface area contributed by atoms with Gasteiger partial charge in [-0.25, -0.2) is 0 Å². The summed E-state index contributed by atoms with van der Waals surface area (Å²) in [6, 6.07) is 14.0. The number of nitrogens with two attached hydrogens (primary N) is 1. The van der Waals surface area contributed by atoms with Crippen LogP contribution in [0.2, 0.25) is 5.02 Å². The van der Waals surface area contributed by atoms with Gasteiger partial charge in [0.1, 0.15) is 5.82 Å². The summed E-state index contributed by atoms with van der Waals surface area (Å²) >= 11 is 6.41. The van der Waals surface area contributed by atoms with Crippen LogP contribution < -0.4 is 15.5 Å². The number of ketones is 1. The van der Waals surface area contributed by atoms with Gasteiger partial charge in [-0.2, -0.15) is 5.26 Å². The number of nitrogens with zero attached hydrogens (tertiary/aromatic N) is 4. The lowest BCUT2D eigenvalue weighted by molar-refractivity contribution is -0.384. The molecule has 33 heavy (non-hydrogen) atoms. The van der Waals surface area contributed by atoms with Crippen molar-refractivity contribution >= 4 is 34.4 Å². The third-order valence-electron chi connectivity index (χ3n) is 6.04. The molecule has 2 aromatic rings. The van der Waals surface area contributed by atoms with Gasteiger partial charge in [-0.3, -0.25) is 19.8 Å². The van der Waals surface area contributed by atoms with E-state index in [9.17, 15) is 20.2 Å². The standard InChI is InChI=1S/C24H22ClN5O3/c1-28(2)15-8-6-14(7-9-15)22-17(13-26)24(27)29(20-4-3-5-21(31)23(20)22)19-11-10-16(30(32)33)12-18(19)25/h6-12,22H,3-5,27H2,1-2H3/t22-/m0/s1. The molecule has 0 radical (unpaired) electrons. The zero-order valence-electron chi connectivity index (χ0n) is 18.2. The molecule has 4 rings (SSSR count). The van der Waals surface area contributed by atoms with Gasteiger partial charge in [-0.05, 0) is 36.6 Å². The van der Waals surface area contributed by atoms with E-state index in [2.05, 4.69) is 6.07 Å². The van der Waals surface area contributed by atoms with Crippen molar-refractivity contribution in [2.24, 2.45) is 5.73 Å². The number of allylic oxidation sites excluding steroid dienone is 3. The number of halogens is 1. The van der Waals surface area contributed by atoms with Crippen molar-refractivity contribution in [2.45, 2.75) is 25.2 Å². The first-order valence-corrected chi connectivity index (χ1v) is 10.8. The predicted molar refractivity (Wildman–Crippen MR) is 127 cm³/mol. The van der Waals surface area contributed by atoms with Crippen LogP contribution in [-0.4, -0.2) is 24.8 Å². The molecule has 0 spiro atoms. The van der Waals surface area contributed by atoms with Gasteiger partial charge in [0.25, 0.3) is 5.69 Å². The van der Waals surface area contributed by atoms with Crippen molar-refractivity contribution in [2.75, 3.05) is 23.9 Å². The van der Waals surface area contributed by atoms with E-state index >= 15 is 0 Å². The lowest BCUT2D eigenvalue weighted by Crippen LogP contribution is -2.38. The summed E-state index contributed by atoms with van der Waals surface area (Å²) in [5.41, 5.74) is 10.0. The normalized spacial score (nSPS) is 18.2. The molecule has 2 aromatic carbocycles. The molecule has 0 bridgehead atoms. The number of anilines is 2. The first kappa shape index (κ1) is 22.4. The number of rotatable bonds is 4. The van der Waals surface area contributed by atoms with Crippen LogP contribution in [-0.2, 0) is 4.79 Å². The summed E-state index contributed by atoms with van der Waals surface area (Å²) in [6.45, 7) is 0. The van der Waals surface area contributed by atoms with E-state index in [-0.39, 0.29) is 27.9 Å². The van der Waals surface area contributed by atoms with Crippen LogP contribution in [0.1, 0.15) is 30.7 Å². The second-order valence-corrected chi connectivity index (χ2v) is 8.60. The number of nitriles is 1. The molecule has 0 amide bonds. The monoisotopic (exact) mass is 463 g/mol. The Bertz CT molecular complexity index is 1260. The largest absolute Gasteiger partial charge is 0.384 e. The van der Waals surface area contributed by atoms with E-state index in [0.29, 0.717) is 36.2 Å². The highest BCUT2D eigenvalue weighted by Gasteiger charge is 2.40. The summed E-state index contributed by atoms with van der Waals surface area (Å²) in [5, 5.41) is 21.3. The average Bonchev–Trinajstić information content (AvgIpc) is 2.79. The third-order valence-corrected chi connectivity index (χ3v) is 6.34. The van der Waals surface area contributed by atoms with Crippen LogP contribution in [0.4, 0.5) is 17.1 Å². The molecule has 0 unspecified atom stereocenters. The molecule has 0 saturated heterocycles. The molecule has 2 aliphatic rings. The molecule has 2 N–H and O–H groups in total. The number of nitro benzene ring substituents is 1. The molecule has 0 aromatic heterocycles. The number of benzene rings is 2. The van der Waals surface area contributed by atoms with Gasteiger partial charge >= 0.3 is 0 Å². The molecule has 1 atom stereocenters. The fourth-order valence-electron chi connectivity index (χ4n) is 4.45. The Morgan fingerprint density at radius 1 is 1.21 bits per heavy atom. The van der Waals surface area contributed by atoms with Crippen molar-refractivity contribution in [3.05, 3.63) is 85.8 Å². The highest BCUT2D eigenvalue weighted by Crippen LogP contribution is 2.47. The Hall–Kier alpha value is -3.83. The number of carbonyl (C=O) groups is 1. The molecule has 0 fully saturated rings. The topological polar surface area (TPSA) is 116 Å². The third kappa shape index (κ3) is 3.81. The van der Waals surface area contributed by atoms with E-state index in [1.807, 2.05) is 43.3 Å². The Labute approximate surface area is 196 Å². The van der Waals surface area contributed by atoms with Crippen molar-refractivity contribution in [3.63, 3.8) is 0 Å². The lowest BCUT2D eigenvalue weighted by atomic mass is 9.75. The summed E-state index contributed by atoms with van der Waals surface area (Å²) in [4.78, 5) is 27.4. The fraction of sp³-hybridized carbons (Fsp3) is 0.250. The van der Waals surface area contributed by atoms with Crippen LogP contribution in [0.25, 0.3) is 0 Å². The van der Waals surface area contributed by atoms with Gasteiger partial charge < -0.3 is 10.6 Å². The highest BCUT2D eigenvalue weighted by atomic mass is 35.5. The molecular formula is C24H22ClN5O3. The first-order chi connectivity index (χ1) is 15.7. The number of Topliss-reactive ketones (excluding diaryl/α,β-unsaturated/α-hetero) is 1. The van der Waals surface area contributed by atoms with Crippen molar-refractivity contribution in [1.82, 2.24) is 0 Å². The Kier molecular flexibility index (Phi) is 5.83. The van der Waals surface area contributed by atoms with Crippen molar-refractivity contribution in [3.8, 4) is 6.07 Å². The maximum atomic E-state index is 13.2. The van der Waals surface area contributed by atoms with E-state index in [1.165, 1.54) is 18.2 Å². The first-order valence-electron chi connectivity index (χ1n) is 10.4. The van der Waals surface area contributed by atoms with Gasteiger partial charge in [0.15, 0.2) is 5.78 Å². The van der Waals surface area contributed by atoms with E-state index < -0.39 is 10.8 Å². The molecule has 1 aliphatic heterocycles. The van der Waals surface area contributed by atoms with Crippen LogP contribution in [0, 0.1) is 21.4 Å². The molecule has 168 valence electrons. The summed E-state index contributed by atoms with van der Waals surface area (Å²) < 4.78 is 0. The molecule has 0 saturated carbocycles. The minimum atomic E-state index is -0.581. The minimum Gasteiger partial charge on any atom is -0.384 e. The van der Waals surface area contributed by atoms with E-state index in [0.717, 1.165) is 11.3 Å². The fourth-order valence-corrected chi connectivity index (χ4v) is 4.71. The number of carbonyl (C=O) groups excluding carboxylic acids is 1. The SMILES string of the molecule is CN(C)c1ccc([C@H]2C(C#N)=C(N)N(c3ccc([N+](=O)[O-])cc3Cl)C3=C2C(=O)CCC3)cc1. The Morgan fingerprint density at radius 2 is 1.91 bits per heavy atom. The van der Waals surface area contributed by atoms with Gasteiger partial charge in [-0.1, -0.05) is 23.7 Å². The number of hydrogen-bond donors (Lipinski definition) is 1. The van der Waals surface area contributed by atoms with Crippen LogP contribution >= 0.6 is 11.6 Å². The molecular weight excluding hydrogens is 442 g/mol.